The smallest absolute Gasteiger partial charge is 0.354 e. The van der Waals surface area contributed by atoms with Crippen molar-refractivity contribution in [2.24, 2.45) is 0 Å². The number of benzene rings is 1. The maximum Gasteiger partial charge on any atom is 0.354 e. The third-order valence-corrected chi connectivity index (χ3v) is 10.7. The van der Waals surface area contributed by atoms with Gasteiger partial charge in [-0.15, -0.1) is 0 Å². The summed E-state index contributed by atoms with van der Waals surface area (Å²) in [5, 5.41) is 2.75. The van der Waals surface area contributed by atoms with Gasteiger partial charge in [0, 0.05) is 24.7 Å². The standard InChI is InChI=1S/C24H33N5O3Si/c1-7-20(32-33(5,6)24(2,3)4)16-18-8-10-19(11-9-18)29-14-12-21(27-23(29)31)26-22(30)28-15-13-25-17-28/h8-15,17,20H,7,16H2,1-6H3,(H,26,27,30,31). The number of anilines is 1. The van der Waals surface area contributed by atoms with Crippen LogP contribution in [0.3, 0.4) is 0 Å². The fraction of sp³-hybridized carbons (Fsp3) is 0.417. The van der Waals surface area contributed by atoms with Crippen LogP contribution in [0.25, 0.3) is 5.69 Å². The summed E-state index contributed by atoms with van der Waals surface area (Å²) in [5.41, 5.74) is 1.40. The molecule has 0 fully saturated rings. The zero-order valence-corrected chi connectivity index (χ0v) is 21.2. The molecule has 0 spiro atoms. The van der Waals surface area contributed by atoms with E-state index in [-0.39, 0.29) is 17.0 Å². The summed E-state index contributed by atoms with van der Waals surface area (Å²) < 4.78 is 9.31. The van der Waals surface area contributed by atoms with Crippen molar-refractivity contribution in [3.63, 3.8) is 0 Å². The van der Waals surface area contributed by atoms with Crippen molar-refractivity contribution in [2.45, 2.75) is 64.8 Å². The Bertz CT molecular complexity index is 1130. The summed E-state index contributed by atoms with van der Waals surface area (Å²) in [4.78, 5) is 32.4. The number of imidazole rings is 1. The van der Waals surface area contributed by atoms with Crippen LogP contribution in [0.15, 0.2) is 60.0 Å². The summed E-state index contributed by atoms with van der Waals surface area (Å²) >= 11 is 0. The van der Waals surface area contributed by atoms with Gasteiger partial charge in [0.15, 0.2) is 8.32 Å². The Balaban J connectivity index is 1.69. The van der Waals surface area contributed by atoms with Gasteiger partial charge in [0.1, 0.15) is 12.1 Å². The third kappa shape index (κ3) is 6.05. The van der Waals surface area contributed by atoms with Crippen LogP contribution < -0.4 is 11.0 Å². The summed E-state index contributed by atoms with van der Waals surface area (Å²) in [6, 6.07) is 9.00. The van der Waals surface area contributed by atoms with Crippen LogP contribution in [0, 0.1) is 0 Å². The first-order valence-corrected chi connectivity index (χ1v) is 14.1. The minimum atomic E-state index is -1.84. The number of nitrogens with zero attached hydrogens (tertiary/aromatic N) is 4. The molecule has 33 heavy (non-hydrogen) atoms. The van der Waals surface area contributed by atoms with Crippen LogP contribution >= 0.6 is 0 Å². The van der Waals surface area contributed by atoms with Crippen LogP contribution in [0.5, 0.6) is 0 Å². The molecular weight excluding hydrogens is 434 g/mol. The van der Waals surface area contributed by atoms with E-state index < -0.39 is 20.0 Å². The summed E-state index contributed by atoms with van der Waals surface area (Å²) in [6.07, 6.45) is 7.93. The van der Waals surface area contributed by atoms with Crippen molar-refractivity contribution in [1.29, 1.82) is 0 Å². The highest BCUT2D eigenvalue weighted by Gasteiger charge is 2.38. The second-order valence-electron chi connectivity index (χ2n) is 9.64. The first-order valence-electron chi connectivity index (χ1n) is 11.2. The van der Waals surface area contributed by atoms with Crippen molar-refractivity contribution in [3.8, 4) is 5.69 Å². The van der Waals surface area contributed by atoms with Crippen LogP contribution in [0.4, 0.5) is 10.6 Å². The Morgan fingerprint density at radius 2 is 1.85 bits per heavy atom. The molecule has 0 aliphatic rings. The number of carbonyl (C=O) groups is 1. The van der Waals surface area contributed by atoms with E-state index in [1.807, 2.05) is 24.3 Å². The number of carbonyl (C=O) groups excluding carboxylic acids is 1. The van der Waals surface area contributed by atoms with E-state index in [1.54, 1.807) is 12.3 Å². The zero-order chi connectivity index (χ0) is 24.2. The van der Waals surface area contributed by atoms with E-state index in [9.17, 15) is 9.59 Å². The lowest BCUT2D eigenvalue weighted by atomic mass is 10.1. The molecule has 1 N–H and O–H groups in total. The van der Waals surface area contributed by atoms with Gasteiger partial charge in [-0.2, -0.15) is 4.98 Å². The monoisotopic (exact) mass is 467 g/mol. The molecule has 1 aromatic carbocycles. The lowest BCUT2D eigenvalue weighted by Crippen LogP contribution is -2.44. The van der Waals surface area contributed by atoms with Gasteiger partial charge >= 0.3 is 11.7 Å². The highest BCUT2D eigenvalue weighted by atomic mass is 28.4. The van der Waals surface area contributed by atoms with Gasteiger partial charge in [-0.25, -0.2) is 14.6 Å². The van der Waals surface area contributed by atoms with Crippen molar-refractivity contribution in [3.05, 3.63) is 71.3 Å². The first kappa shape index (κ1) is 24.6. The van der Waals surface area contributed by atoms with Gasteiger partial charge in [-0.1, -0.05) is 39.8 Å². The predicted molar refractivity (Wildman–Crippen MR) is 133 cm³/mol. The van der Waals surface area contributed by atoms with Gasteiger partial charge in [0.2, 0.25) is 0 Å². The SMILES string of the molecule is CCC(Cc1ccc(-n2ccc(NC(=O)n3ccnc3)nc2=O)cc1)O[Si](C)(C)C(C)(C)C. The van der Waals surface area contributed by atoms with E-state index in [4.69, 9.17) is 4.43 Å². The molecule has 0 aliphatic carbocycles. The molecule has 1 atom stereocenters. The van der Waals surface area contributed by atoms with Gasteiger partial charge in [-0.3, -0.25) is 14.5 Å². The fourth-order valence-electron chi connectivity index (χ4n) is 3.14. The Morgan fingerprint density at radius 3 is 2.39 bits per heavy atom. The number of nitrogens with one attached hydrogen (secondary N) is 1. The minimum Gasteiger partial charge on any atom is -0.414 e. The number of rotatable bonds is 7. The van der Waals surface area contributed by atoms with Gasteiger partial charge in [0.05, 0.1) is 5.69 Å². The van der Waals surface area contributed by atoms with E-state index in [2.05, 4.69) is 56.1 Å². The lowest BCUT2D eigenvalue weighted by molar-refractivity contribution is 0.176. The number of aromatic nitrogens is 4. The zero-order valence-electron chi connectivity index (χ0n) is 20.2. The normalized spacial score (nSPS) is 13.0. The topological polar surface area (TPSA) is 91.0 Å². The minimum absolute atomic E-state index is 0.166. The molecule has 1 amide bonds. The van der Waals surface area contributed by atoms with Gasteiger partial charge in [0.25, 0.3) is 0 Å². The van der Waals surface area contributed by atoms with Crippen LogP contribution in [-0.2, 0) is 10.8 Å². The maximum absolute atomic E-state index is 12.5. The van der Waals surface area contributed by atoms with Gasteiger partial charge < -0.3 is 4.43 Å². The molecule has 0 bridgehead atoms. The first-order chi connectivity index (χ1) is 15.5. The molecule has 2 aromatic heterocycles. The average molecular weight is 468 g/mol. The number of hydrogen-bond donors (Lipinski definition) is 1. The molecule has 8 nitrogen and oxygen atoms in total. The Morgan fingerprint density at radius 1 is 1.15 bits per heavy atom. The summed E-state index contributed by atoms with van der Waals surface area (Å²) in [5.74, 6) is 0.181. The molecule has 3 aromatic rings. The molecule has 2 heterocycles. The van der Waals surface area contributed by atoms with E-state index in [0.717, 1.165) is 18.4 Å². The van der Waals surface area contributed by atoms with Gasteiger partial charge in [-0.05, 0) is 54.7 Å². The van der Waals surface area contributed by atoms with E-state index in [1.165, 1.54) is 27.9 Å². The predicted octanol–water partition coefficient (Wildman–Crippen LogP) is 4.85. The molecule has 0 saturated heterocycles. The van der Waals surface area contributed by atoms with E-state index >= 15 is 0 Å². The van der Waals surface area contributed by atoms with Crippen molar-refractivity contribution < 1.29 is 9.22 Å². The van der Waals surface area contributed by atoms with Crippen molar-refractivity contribution >= 4 is 20.2 Å². The Hall–Kier alpha value is -3.04. The highest BCUT2D eigenvalue weighted by molar-refractivity contribution is 6.74. The fourth-order valence-corrected chi connectivity index (χ4v) is 4.58. The molecular formula is C24H33N5O3Si. The Labute approximate surface area is 195 Å². The van der Waals surface area contributed by atoms with E-state index in [0.29, 0.717) is 5.69 Å². The second kappa shape index (κ2) is 9.84. The Kier molecular flexibility index (Phi) is 7.33. The lowest BCUT2D eigenvalue weighted by Gasteiger charge is -2.39. The molecule has 0 aliphatic heterocycles. The molecule has 176 valence electrons. The van der Waals surface area contributed by atoms with Crippen molar-refractivity contribution in [1.82, 2.24) is 19.1 Å². The highest BCUT2D eigenvalue weighted by Crippen LogP contribution is 2.38. The molecule has 9 heteroatoms. The van der Waals surface area contributed by atoms with Crippen LogP contribution in [0.1, 0.15) is 39.7 Å². The summed E-state index contributed by atoms with van der Waals surface area (Å²) in [7, 11) is -1.84. The molecule has 0 saturated carbocycles. The largest absolute Gasteiger partial charge is 0.414 e. The molecule has 0 radical (unpaired) electrons. The molecule has 3 rings (SSSR count). The quantitative estimate of drug-likeness (QED) is 0.502. The maximum atomic E-state index is 12.5. The summed E-state index contributed by atoms with van der Waals surface area (Å²) in [6.45, 7) is 13.5. The number of amides is 1. The molecule has 1 unspecified atom stereocenters. The van der Waals surface area contributed by atoms with Crippen LogP contribution in [0.2, 0.25) is 18.1 Å². The van der Waals surface area contributed by atoms with Crippen molar-refractivity contribution in [2.75, 3.05) is 5.32 Å². The van der Waals surface area contributed by atoms with Crippen LogP contribution in [-0.4, -0.2) is 39.6 Å². The average Bonchev–Trinajstić information content (AvgIpc) is 3.28. The second-order valence-corrected chi connectivity index (χ2v) is 14.4. The third-order valence-electron chi connectivity index (χ3n) is 6.18. The number of hydrogen-bond acceptors (Lipinski definition) is 5.